The summed E-state index contributed by atoms with van der Waals surface area (Å²) in [6.07, 6.45) is 5.42. The lowest BCUT2D eigenvalue weighted by molar-refractivity contribution is -0.130. The summed E-state index contributed by atoms with van der Waals surface area (Å²) in [6.45, 7) is 3.09. The Labute approximate surface area is 153 Å². The number of amides is 1. The largest absolute Gasteiger partial charge is 0.477 e. The Morgan fingerprint density at radius 3 is 2.68 bits per heavy atom. The molecule has 1 heterocycles. The van der Waals surface area contributed by atoms with E-state index in [4.69, 9.17) is 16.3 Å². The van der Waals surface area contributed by atoms with E-state index < -0.39 is 5.41 Å². The molecule has 0 unspecified atom stereocenters. The van der Waals surface area contributed by atoms with Gasteiger partial charge in [-0.25, -0.2) is 4.98 Å². The van der Waals surface area contributed by atoms with Crippen LogP contribution in [0.25, 0.3) is 0 Å². The number of rotatable bonds is 7. The molecule has 0 aliphatic heterocycles. The summed E-state index contributed by atoms with van der Waals surface area (Å²) < 4.78 is 5.67. The van der Waals surface area contributed by atoms with Crippen LogP contribution in [0.5, 0.6) is 5.88 Å². The van der Waals surface area contributed by atoms with Crippen LogP contribution < -0.4 is 10.1 Å². The Kier molecular flexibility index (Phi) is 5.59. The molecule has 132 valence electrons. The molecule has 0 spiro atoms. The van der Waals surface area contributed by atoms with Crippen molar-refractivity contribution in [1.29, 1.82) is 0 Å². The van der Waals surface area contributed by atoms with Gasteiger partial charge in [-0.1, -0.05) is 43.1 Å². The van der Waals surface area contributed by atoms with Gasteiger partial charge in [0.1, 0.15) is 0 Å². The second-order valence-corrected chi connectivity index (χ2v) is 6.88. The fourth-order valence-electron chi connectivity index (χ4n) is 3.18. The molecule has 1 aliphatic carbocycles. The fraction of sp³-hybridized carbons (Fsp3) is 0.400. The van der Waals surface area contributed by atoms with E-state index in [1.807, 2.05) is 36.4 Å². The molecule has 1 saturated carbocycles. The third-order valence-corrected chi connectivity index (χ3v) is 5.02. The quantitative estimate of drug-likeness (QED) is 0.804. The van der Waals surface area contributed by atoms with Gasteiger partial charge in [0.15, 0.2) is 0 Å². The summed E-state index contributed by atoms with van der Waals surface area (Å²) >= 11 is 5.98. The first-order chi connectivity index (χ1) is 12.2. The van der Waals surface area contributed by atoms with Crippen LogP contribution in [0.15, 0.2) is 42.6 Å². The number of pyridine rings is 1. The predicted octanol–water partition coefficient (Wildman–Crippen LogP) is 4.26. The normalized spacial score (nSPS) is 15.3. The number of nitrogens with zero attached hydrogens (tertiary/aromatic N) is 1. The molecule has 3 rings (SSSR count). The van der Waals surface area contributed by atoms with Crippen LogP contribution in [0.2, 0.25) is 5.02 Å². The summed E-state index contributed by atoms with van der Waals surface area (Å²) in [6, 6.07) is 11.4. The van der Waals surface area contributed by atoms with Crippen molar-refractivity contribution >= 4 is 17.5 Å². The average Bonchev–Trinajstić information content (AvgIpc) is 2.59. The molecule has 0 bridgehead atoms. The highest BCUT2D eigenvalue weighted by molar-refractivity contribution is 6.30. The average molecular weight is 359 g/mol. The van der Waals surface area contributed by atoms with Crippen LogP contribution in [0, 0.1) is 0 Å². The van der Waals surface area contributed by atoms with E-state index in [1.165, 1.54) is 0 Å². The third-order valence-electron chi connectivity index (χ3n) is 4.77. The van der Waals surface area contributed by atoms with Gasteiger partial charge in [-0.2, -0.15) is 0 Å². The lowest BCUT2D eigenvalue weighted by Gasteiger charge is -2.40. The van der Waals surface area contributed by atoms with Crippen LogP contribution in [0.4, 0.5) is 0 Å². The van der Waals surface area contributed by atoms with Crippen molar-refractivity contribution in [2.45, 2.75) is 44.6 Å². The number of benzene rings is 1. The van der Waals surface area contributed by atoms with Crippen molar-refractivity contribution in [3.8, 4) is 5.88 Å². The van der Waals surface area contributed by atoms with Crippen molar-refractivity contribution in [2.75, 3.05) is 6.61 Å². The lowest BCUT2D eigenvalue weighted by atomic mass is 9.64. The maximum Gasteiger partial charge on any atom is 0.230 e. The van der Waals surface area contributed by atoms with E-state index in [1.54, 1.807) is 6.20 Å². The number of ether oxygens (including phenoxy) is 1. The number of hydrogen-bond acceptors (Lipinski definition) is 3. The van der Waals surface area contributed by atoms with E-state index in [0.717, 1.165) is 36.8 Å². The van der Waals surface area contributed by atoms with Gasteiger partial charge in [-0.15, -0.1) is 0 Å². The smallest absolute Gasteiger partial charge is 0.230 e. The van der Waals surface area contributed by atoms with Crippen molar-refractivity contribution < 1.29 is 9.53 Å². The molecule has 0 radical (unpaired) electrons. The van der Waals surface area contributed by atoms with Crippen molar-refractivity contribution in [3.63, 3.8) is 0 Å². The van der Waals surface area contributed by atoms with Gasteiger partial charge in [0.25, 0.3) is 0 Å². The molecule has 1 aliphatic rings. The number of nitrogens with one attached hydrogen (secondary N) is 1. The highest BCUT2D eigenvalue weighted by Gasteiger charge is 2.45. The summed E-state index contributed by atoms with van der Waals surface area (Å²) in [7, 11) is 0. The first-order valence-corrected chi connectivity index (χ1v) is 9.14. The Balaban J connectivity index is 1.70. The summed E-state index contributed by atoms with van der Waals surface area (Å²) in [5.74, 6) is 0.658. The number of aromatic nitrogens is 1. The number of hydrogen-bond donors (Lipinski definition) is 1. The maximum atomic E-state index is 12.9. The SMILES string of the molecule is CCCOc1ncccc1CNC(=O)C1(c2ccc(Cl)cc2)CCC1. The van der Waals surface area contributed by atoms with Crippen LogP contribution in [0.3, 0.4) is 0 Å². The second-order valence-electron chi connectivity index (χ2n) is 6.44. The zero-order chi connectivity index (χ0) is 17.7. The first kappa shape index (κ1) is 17.7. The molecule has 1 aromatic heterocycles. The van der Waals surface area contributed by atoms with Crippen LogP contribution in [-0.4, -0.2) is 17.5 Å². The minimum atomic E-state index is -0.433. The lowest BCUT2D eigenvalue weighted by Crippen LogP contribution is -2.49. The minimum Gasteiger partial charge on any atom is -0.477 e. The van der Waals surface area contributed by atoms with Gasteiger partial charge in [0.05, 0.1) is 12.0 Å². The maximum absolute atomic E-state index is 12.9. The van der Waals surface area contributed by atoms with E-state index in [-0.39, 0.29) is 5.91 Å². The molecule has 5 heteroatoms. The van der Waals surface area contributed by atoms with Crippen LogP contribution in [0.1, 0.15) is 43.7 Å². The summed E-state index contributed by atoms with van der Waals surface area (Å²) in [5.41, 5.74) is 1.50. The molecule has 25 heavy (non-hydrogen) atoms. The molecule has 2 aromatic rings. The molecule has 1 amide bonds. The fourth-order valence-corrected chi connectivity index (χ4v) is 3.30. The Bertz CT molecular complexity index is 727. The van der Waals surface area contributed by atoms with Gasteiger partial charge in [0, 0.05) is 23.3 Å². The van der Waals surface area contributed by atoms with Crippen LogP contribution >= 0.6 is 11.6 Å². The molecule has 1 aromatic carbocycles. The highest BCUT2D eigenvalue weighted by Crippen LogP contribution is 2.44. The van der Waals surface area contributed by atoms with Crippen molar-refractivity contribution in [2.24, 2.45) is 0 Å². The molecule has 1 N–H and O–H groups in total. The molecule has 1 fully saturated rings. The molecule has 4 nitrogen and oxygen atoms in total. The summed E-state index contributed by atoms with van der Waals surface area (Å²) in [4.78, 5) is 17.2. The zero-order valence-electron chi connectivity index (χ0n) is 14.4. The zero-order valence-corrected chi connectivity index (χ0v) is 15.2. The van der Waals surface area contributed by atoms with Gasteiger partial charge >= 0.3 is 0 Å². The Morgan fingerprint density at radius 2 is 2.04 bits per heavy atom. The number of halogens is 1. The molecular weight excluding hydrogens is 336 g/mol. The highest BCUT2D eigenvalue weighted by atomic mass is 35.5. The predicted molar refractivity (Wildman–Crippen MR) is 98.9 cm³/mol. The second kappa shape index (κ2) is 7.87. The van der Waals surface area contributed by atoms with Gasteiger partial charge in [-0.3, -0.25) is 4.79 Å². The Hall–Kier alpha value is -2.07. The molecule has 0 saturated heterocycles. The molecular formula is C20H23ClN2O2. The topological polar surface area (TPSA) is 51.2 Å². The van der Waals surface area contributed by atoms with Crippen molar-refractivity contribution in [1.82, 2.24) is 10.3 Å². The molecule has 0 atom stereocenters. The van der Waals surface area contributed by atoms with Crippen molar-refractivity contribution in [3.05, 3.63) is 58.7 Å². The number of carbonyl (C=O) groups excluding carboxylic acids is 1. The third kappa shape index (κ3) is 3.79. The van der Waals surface area contributed by atoms with Crippen LogP contribution in [-0.2, 0) is 16.8 Å². The summed E-state index contributed by atoms with van der Waals surface area (Å²) in [5, 5.41) is 3.77. The van der Waals surface area contributed by atoms with E-state index in [2.05, 4.69) is 17.2 Å². The van der Waals surface area contributed by atoms with Gasteiger partial charge in [-0.05, 0) is 43.0 Å². The van der Waals surface area contributed by atoms with Gasteiger partial charge in [0.2, 0.25) is 11.8 Å². The number of carbonyl (C=O) groups is 1. The van der Waals surface area contributed by atoms with E-state index in [9.17, 15) is 4.79 Å². The Morgan fingerprint density at radius 1 is 1.28 bits per heavy atom. The minimum absolute atomic E-state index is 0.0615. The first-order valence-electron chi connectivity index (χ1n) is 8.77. The van der Waals surface area contributed by atoms with E-state index in [0.29, 0.717) is 24.1 Å². The van der Waals surface area contributed by atoms with E-state index >= 15 is 0 Å². The van der Waals surface area contributed by atoms with Gasteiger partial charge < -0.3 is 10.1 Å². The standard InChI is InChI=1S/C20H23ClN2O2/c1-2-13-25-18-15(5-3-12-22-18)14-23-19(24)20(10-4-11-20)16-6-8-17(21)9-7-16/h3,5-9,12H,2,4,10-11,13-14H2,1H3,(H,23,24). The monoisotopic (exact) mass is 358 g/mol.